The van der Waals surface area contributed by atoms with Crippen LogP contribution in [0.15, 0.2) is 6.20 Å². The Morgan fingerprint density at radius 3 is 2.31 bits per heavy atom. The number of rotatable bonds is 2. The third kappa shape index (κ3) is 2.29. The van der Waals surface area contributed by atoms with Crippen LogP contribution in [0.2, 0.25) is 0 Å². The van der Waals surface area contributed by atoms with Crippen LogP contribution in [0.5, 0.6) is 0 Å². The second kappa shape index (κ2) is 4.32. The molecule has 0 atom stereocenters. The van der Waals surface area contributed by atoms with Crippen molar-refractivity contribution in [3.05, 3.63) is 28.6 Å². The number of halogens is 5. The summed E-state index contributed by atoms with van der Waals surface area (Å²) < 4.78 is 62.5. The predicted molar refractivity (Wildman–Crippen MR) is 46.8 cm³/mol. The highest BCUT2D eigenvalue weighted by Gasteiger charge is 2.37. The maximum atomic E-state index is 12.6. The zero-order chi connectivity index (χ0) is 12.5. The molecule has 16 heavy (non-hydrogen) atoms. The zero-order valence-corrected chi connectivity index (χ0v) is 8.28. The highest BCUT2D eigenvalue weighted by atomic mass is 19.4. The molecule has 0 aliphatic carbocycles. The van der Waals surface area contributed by atoms with Crippen LogP contribution in [0.3, 0.4) is 0 Å². The van der Waals surface area contributed by atoms with Gasteiger partial charge in [0, 0.05) is 24.0 Å². The van der Waals surface area contributed by atoms with E-state index in [0.717, 1.165) is 0 Å². The van der Waals surface area contributed by atoms with Crippen molar-refractivity contribution in [2.75, 3.05) is 0 Å². The van der Waals surface area contributed by atoms with Crippen LogP contribution in [0.1, 0.15) is 28.8 Å². The van der Waals surface area contributed by atoms with E-state index in [0.29, 0.717) is 6.20 Å². The Kier molecular flexibility index (Phi) is 3.47. The van der Waals surface area contributed by atoms with Gasteiger partial charge in [0.1, 0.15) is 0 Å². The first-order valence-corrected chi connectivity index (χ1v) is 4.32. The van der Waals surface area contributed by atoms with Gasteiger partial charge in [-0.25, -0.2) is 8.78 Å². The molecule has 1 aromatic rings. The molecule has 7 heteroatoms. The van der Waals surface area contributed by atoms with Gasteiger partial charge in [0.15, 0.2) is 0 Å². The van der Waals surface area contributed by atoms with Crippen LogP contribution in [0.25, 0.3) is 0 Å². The first-order valence-electron chi connectivity index (χ1n) is 4.32. The minimum absolute atomic E-state index is 0.0887. The molecule has 0 fully saturated rings. The number of pyridine rings is 1. The summed E-state index contributed by atoms with van der Waals surface area (Å²) in [5.41, 5.74) is 2.51. The summed E-state index contributed by atoms with van der Waals surface area (Å²) in [6, 6.07) is 0. The normalized spacial score (nSPS) is 12.2. The van der Waals surface area contributed by atoms with Gasteiger partial charge in [0.2, 0.25) is 0 Å². The van der Waals surface area contributed by atoms with E-state index in [4.69, 9.17) is 5.73 Å². The lowest BCUT2D eigenvalue weighted by molar-refractivity contribution is -0.139. The van der Waals surface area contributed by atoms with E-state index in [2.05, 4.69) is 4.98 Å². The standard InChI is InChI=1S/C9H9F5N2/c1-4-5(2-15)7(8(10)11)6(3-16-4)9(12,13)14/h3,8H,2,15H2,1H3. The maximum absolute atomic E-state index is 12.6. The van der Waals surface area contributed by atoms with Gasteiger partial charge in [-0.15, -0.1) is 0 Å². The van der Waals surface area contributed by atoms with Gasteiger partial charge in [0.05, 0.1) is 5.56 Å². The molecule has 0 spiro atoms. The fraction of sp³-hybridized carbons (Fsp3) is 0.444. The van der Waals surface area contributed by atoms with Crippen molar-refractivity contribution in [3.8, 4) is 0 Å². The van der Waals surface area contributed by atoms with Crippen LogP contribution >= 0.6 is 0 Å². The number of aromatic nitrogens is 1. The summed E-state index contributed by atoms with van der Waals surface area (Å²) in [5.74, 6) is 0. The van der Waals surface area contributed by atoms with Gasteiger partial charge >= 0.3 is 6.18 Å². The average molecular weight is 240 g/mol. The lowest BCUT2D eigenvalue weighted by Crippen LogP contribution is -2.16. The Bertz CT molecular complexity index is 386. The first-order chi connectivity index (χ1) is 7.29. The smallest absolute Gasteiger partial charge is 0.326 e. The molecule has 1 rings (SSSR count). The van der Waals surface area contributed by atoms with Crippen molar-refractivity contribution in [1.82, 2.24) is 4.98 Å². The minimum Gasteiger partial charge on any atom is -0.326 e. The fourth-order valence-electron chi connectivity index (χ4n) is 1.40. The van der Waals surface area contributed by atoms with Crippen LogP contribution in [0, 0.1) is 6.92 Å². The molecular formula is C9H9F5N2. The van der Waals surface area contributed by atoms with Crippen molar-refractivity contribution in [2.24, 2.45) is 5.73 Å². The van der Waals surface area contributed by atoms with Gasteiger partial charge in [-0.3, -0.25) is 4.98 Å². The summed E-state index contributed by atoms with van der Waals surface area (Å²) in [6.45, 7) is 0.941. The topological polar surface area (TPSA) is 38.9 Å². The molecule has 0 saturated heterocycles. The molecule has 2 nitrogen and oxygen atoms in total. The molecule has 0 aromatic carbocycles. The van der Waals surface area contributed by atoms with Crippen LogP contribution in [-0.2, 0) is 12.7 Å². The Labute approximate surface area is 88.3 Å². The summed E-state index contributed by atoms with van der Waals surface area (Å²) in [7, 11) is 0. The number of nitrogens with two attached hydrogens (primary N) is 1. The highest BCUT2D eigenvalue weighted by Crippen LogP contribution is 2.38. The number of nitrogens with zero attached hydrogens (tertiary/aromatic N) is 1. The van der Waals surface area contributed by atoms with Gasteiger partial charge in [-0.2, -0.15) is 13.2 Å². The average Bonchev–Trinajstić information content (AvgIpc) is 2.14. The van der Waals surface area contributed by atoms with Crippen molar-refractivity contribution in [3.63, 3.8) is 0 Å². The lowest BCUT2D eigenvalue weighted by atomic mass is 10.0. The number of hydrogen-bond acceptors (Lipinski definition) is 2. The Morgan fingerprint density at radius 2 is 1.94 bits per heavy atom. The van der Waals surface area contributed by atoms with Crippen molar-refractivity contribution >= 4 is 0 Å². The van der Waals surface area contributed by atoms with Gasteiger partial charge in [-0.1, -0.05) is 0 Å². The van der Waals surface area contributed by atoms with E-state index >= 15 is 0 Å². The number of hydrogen-bond donors (Lipinski definition) is 1. The Morgan fingerprint density at radius 1 is 1.38 bits per heavy atom. The van der Waals surface area contributed by atoms with Gasteiger partial charge in [-0.05, 0) is 12.5 Å². The summed E-state index contributed by atoms with van der Waals surface area (Å²) in [6.07, 6.45) is -7.66. The molecule has 0 aliphatic rings. The largest absolute Gasteiger partial charge is 0.418 e. The molecule has 1 heterocycles. The molecule has 0 amide bonds. The van der Waals surface area contributed by atoms with E-state index in [1.807, 2.05) is 0 Å². The highest BCUT2D eigenvalue weighted by molar-refractivity contribution is 5.38. The molecule has 0 unspecified atom stereocenters. The predicted octanol–water partition coefficient (Wildman–Crippen LogP) is 2.81. The molecule has 0 radical (unpaired) electrons. The van der Waals surface area contributed by atoms with E-state index in [9.17, 15) is 22.0 Å². The second-order valence-corrected chi connectivity index (χ2v) is 3.15. The van der Waals surface area contributed by atoms with Crippen molar-refractivity contribution in [2.45, 2.75) is 26.1 Å². The summed E-state index contributed by atoms with van der Waals surface area (Å²) in [5, 5.41) is 0. The van der Waals surface area contributed by atoms with E-state index in [-0.39, 0.29) is 11.3 Å². The van der Waals surface area contributed by atoms with E-state index in [1.165, 1.54) is 6.92 Å². The van der Waals surface area contributed by atoms with Crippen LogP contribution in [0.4, 0.5) is 22.0 Å². The maximum Gasteiger partial charge on any atom is 0.418 e. The molecule has 1 aromatic heterocycles. The van der Waals surface area contributed by atoms with Crippen LogP contribution in [-0.4, -0.2) is 4.98 Å². The SMILES string of the molecule is Cc1ncc(C(F)(F)F)c(C(F)F)c1CN. The quantitative estimate of drug-likeness (QED) is 0.807. The first kappa shape index (κ1) is 12.8. The molecular weight excluding hydrogens is 231 g/mol. The van der Waals surface area contributed by atoms with Gasteiger partial charge < -0.3 is 5.73 Å². The third-order valence-corrected chi connectivity index (χ3v) is 2.17. The van der Waals surface area contributed by atoms with Gasteiger partial charge in [0.25, 0.3) is 6.43 Å². The molecule has 2 N–H and O–H groups in total. The lowest BCUT2D eigenvalue weighted by Gasteiger charge is -2.16. The van der Waals surface area contributed by atoms with Crippen LogP contribution < -0.4 is 5.73 Å². The number of alkyl halides is 5. The Balaban J connectivity index is 3.52. The molecule has 90 valence electrons. The fourth-order valence-corrected chi connectivity index (χ4v) is 1.40. The minimum atomic E-state index is -4.85. The summed E-state index contributed by atoms with van der Waals surface area (Å²) in [4.78, 5) is 3.43. The monoisotopic (exact) mass is 240 g/mol. The molecule has 0 aliphatic heterocycles. The molecule has 0 bridgehead atoms. The van der Waals surface area contributed by atoms with Crippen molar-refractivity contribution < 1.29 is 22.0 Å². The summed E-state index contributed by atoms with van der Waals surface area (Å²) >= 11 is 0. The molecule has 0 saturated carbocycles. The number of aryl methyl sites for hydroxylation is 1. The zero-order valence-electron chi connectivity index (χ0n) is 8.28. The van der Waals surface area contributed by atoms with E-state index in [1.54, 1.807) is 0 Å². The second-order valence-electron chi connectivity index (χ2n) is 3.15. The Hall–Kier alpha value is -1.24. The third-order valence-electron chi connectivity index (χ3n) is 2.17. The van der Waals surface area contributed by atoms with E-state index < -0.39 is 30.3 Å². The van der Waals surface area contributed by atoms with Crippen molar-refractivity contribution in [1.29, 1.82) is 0 Å².